The number of nitrogens with one attached hydrogen (secondary N) is 2. The predicted octanol–water partition coefficient (Wildman–Crippen LogP) is 1.48. The highest BCUT2D eigenvalue weighted by atomic mass is 16.2. The van der Waals surface area contributed by atoms with Gasteiger partial charge in [0, 0.05) is 0 Å². The molecule has 1 saturated carbocycles. The summed E-state index contributed by atoms with van der Waals surface area (Å²) >= 11 is 0. The highest BCUT2D eigenvalue weighted by molar-refractivity contribution is 6.09. The van der Waals surface area contributed by atoms with Gasteiger partial charge >= 0.3 is 6.03 Å². The van der Waals surface area contributed by atoms with Gasteiger partial charge in [-0.3, -0.25) is 15.0 Å². The van der Waals surface area contributed by atoms with Gasteiger partial charge in [0.1, 0.15) is 5.54 Å². The maximum absolute atomic E-state index is 12.8. The van der Waals surface area contributed by atoms with Crippen molar-refractivity contribution < 1.29 is 14.4 Å². The van der Waals surface area contributed by atoms with Crippen LogP contribution in [0.2, 0.25) is 0 Å². The van der Waals surface area contributed by atoms with Gasteiger partial charge in [-0.2, -0.15) is 14.9 Å². The number of benzene rings is 1. The Bertz CT molecular complexity index is 901. The van der Waals surface area contributed by atoms with Gasteiger partial charge in [0.05, 0.1) is 11.4 Å². The van der Waals surface area contributed by atoms with Crippen LogP contribution < -0.4 is 10.7 Å². The number of carbonyl (C=O) groups is 3. The van der Waals surface area contributed by atoms with Gasteiger partial charge in [-0.1, -0.05) is 37.5 Å². The van der Waals surface area contributed by atoms with Crippen LogP contribution >= 0.6 is 0 Å². The fraction of sp³-hybridized carbons (Fsp3) is 0.389. The van der Waals surface area contributed by atoms with Crippen LogP contribution in [0.3, 0.4) is 0 Å². The Balaban J connectivity index is 1.53. The largest absolute Gasteiger partial charge is 0.344 e. The summed E-state index contributed by atoms with van der Waals surface area (Å²) in [6.45, 7) is 1.65. The van der Waals surface area contributed by atoms with Gasteiger partial charge in [-0.15, -0.1) is 5.10 Å². The summed E-state index contributed by atoms with van der Waals surface area (Å²) in [5.41, 5.74) is 2.66. The molecule has 9 nitrogen and oxygen atoms in total. The van der Waals surface area contributed by atoms with E-state index in [1.54, 1.807) is 6.92 Å². The van der Waals surface area contributed by atoms with E-state index in [0.717, 1.165) is 24.3 Å². The Hall–Kier alpha value is -3.23. The summed E-state index contributed by atoms with van der Waals surface area (Å²) in [4.78, 5) is 39.0. The second-order valence-corrected chi connectivity index (χ2v) is 6.91. The monoisotopic (exact) mass is 368 g/mol. The minimum atomic E-state index is -0.890. The van der Waals surface area contributed by atoms with Crippen molar-refractivity contribution in [1.82, 2.24) is 30.7 Å². The highest BCUT2D eigenvalue weighted by Crippen LogP contribution is 2.33. The number of hydrogen-bond donors (Lipinski definition) is 2. The summed E-state index contributed by atoms with van der Waals surface area (Å²) in [6.07, 6.45) is 3.97. The molecule has 9 heteroatoms. The van der Waals surface area contributed by atoms with Crippen LogP contribution in [0.4, 0.5) is 4.79 Å². The molecule has 2 heterocycles. The lowest BCUT2D eigenvalue weighted by molar-refractivity contribution is -0.134. The van der Waals surface area contributed by atoms with Gasteiger partial charge in [0.25, 0.3) is 11.8 Å². The van der Waals surface area contributed by atoms with Crippen molar-refractivity contribution in [2.45, 2.75) is 44.6 Å². The number of hydrazine groups is 1. The number of imide groups is 1. The average Bonchev–Trinajstić information content (AvgIpc) is 3.17. The Morgan fingerprint density at radius 2 is 1.81 bits per heavy atom. The van der Waals surface area contributed by atoms with E-state index >= 15 is 0 Å². The quantitative estimate of drug-likeness (QED) is 0.798. The Kier molecular flexibility index (Phi) is 4.14. The maximum Gasteiger partial charge on any atom is 0.344 e. The van der Waals surface area contributed by atoms with E-state index in [0.29, 0.717) is 24.2 Å². The van der Waals surface area contributed by atoms with E-state index in [1.165, 1.54) is 4.80 Å². The summed E-state index contributed by atoms with van der Waals surface area (Å²) in [5, 5.41) is 12.0. The van der Waals surface area contributed by atoms with Gasteiger partial charge in [-0.05, 0) is 31.9 Å². The topological polar surface area (TPSA) is 109 Å². The first-order valence-electron chi connectivity index (χ1n) is 8.97. The number of para-hydroxylation sites is 1. The van der Waals surface area contributed by atoms with E-state index in [4.69, 9.17) is 0 Å². The number of rotatable bonds is 3. The molecule has 0 atom stereocenters. The molecule has 4 rings (SSSR count). The number of hydrogen-bond acceptors (Lipinski definition) is 5. The number of amides is 4. The van der Waals surface area contributed by atoms with Crippen molar-refractivity contribution in [3.8, 4) is 5.69 Å². The van der Waals surface area contributed by atoms with Crippen LogP contribution in [0, 0.1) is 6.92 Å². The fourth-order valence-corrected chi connectivity index (χ4v) is 3.64. The van der Waals surface area contributed by atoms with Crippen LogP contribution in [-0.2, 0) is 4.79 Å². The van der Waals surface area contributed by atoms with E-state index in [9.17, 15) is 14.4 Å². The Morgan fingerprint density at radius 1 is 1.11 bits per heavy atom. The number of aryl methyl sites for hydroxylation is 1. The minimum Gasteiger partial charge on any atom is -0.322 e. The number of carbonyl (C=O) groups excluding carboxylic acids is 3. The molecule has 0 radical (unpaired) electrons. The van der Waals surface area contributed by atoms with Crippen LogP contribution in [0.15, 0.2) is 30.3 Å². The van der Waals surface area contributed by atoms with Crippen LogP contribution in [0.1, 0.15) is 48.3 Å². The lowest BCUT2D eigenvalue weighted by Gasteiger charge is -2.30. The molecular formula is C18H20N6O3. The van der Waals surface area contributed by atoms with E-state index in [-0.39, 0.29) is 5.69 Å². The predicted molar refractivity (Wildman–Crippen MR) is 94.8 cm³/mol. The third kappa shape index (κ3) is 2.94. The third-order valence-corrected chi connectivity index (χ3v) is 5.07. The van der Waals surface area contributed by atoms with Crippen molar-refractivity contribution >= 4 is 17.8 Å². The molecule has 1 aliphatic heterocycles. The summed E-state index contributed by atoms with van der Waals surface area (Å²) in [6, 6.07) is 8.56. The minimum absolute atomic E-state index is 0.0593. The van der Waals surface area contributed by atoms with Crippen LogP contribution in [-0.4, -0.2) is 43.4 Å². The molecule has 0 unspecified atom stereocenters. The SMILES string of the molecule is Cc1nn(-c2ccccc2)nc1C(=O)NN1C(=O)NC2(CCCCC2)C1=O. The van der Waals surface area contributed by atoms with Crippen molar-refractivity contribution in [3.63, 3.8) is 0 Å². The van der Waals surface area contributed by atoms with Crippen molar-refractivity contribution in [1.29, 1.82) is 0 Å². The van der Waals surface area contributed by atoms with E-state index in [1.807, 2.05) is 30.3 Å². The van der Waals surface area contributed by atoms with E-state index in [2.05, 4.69) is 20.9 Å². The number of urea groups is 1. The normalized spacial score (nSPS) is 18.6. The molecule has 2 fully saturated rings. The molecule has 4 amide bonds. The molecule has 1 aromatic heterocycles. The Labute approximate surface area is 155 Å². The Morgan fingerprint density at radius 3 is 2.52 bits per heavy atom. The second kappa shape index (κ2) is 6.49. The smallest absolute Gasteiger partial charge is 0.322 e. The summed E-state index contributed by atoms with van der Waals surface area (Å²) in [7, 11) is 0. The first-order chi connectivity index (χ1) is 13.0. The zero-order valence-corrected chi connectivity index (χ0v) is 14.9. The van der Waals surface area contributed by atoms with Gasteiger partial charge in [0.2, 0.25) is 0 Å². The molecule has 2 aromatic rings. The molecule has 1 aliphatic carbocycles. The van der Waals surface area contributed by atoms with Crippen molar-refractivity contribution in [2.75, 3.05) is 0 Å². The lowest BCUT2D eigenvalue weighted by Crippen LogP contribution is -2.51. The van der Waals surface area contributed by atoms with E-state index < -0.39 is 23.4 Å². The lowest BCUT2D eigenvalue weighted by atomic mass is 9.82. The first-order valence-corrected chi connectivity index (χ1v) is 8.97. The highest BCUT2D eigenvalue weighted by Gasteiger charge is 2.52. The number of aromatic nitrogens is 3. The van der Waals surface area contributed by atoms with Crippen LogP contribution in [0.5, 0.6) is 0 Å². The van der Waals surface area contributed by atoms with Gasteiger partial charge in [-0.25, -0.2) is 4.79 Å². The number of nitrogens with zero attached hydrogens (tertiary/aromatic N) is 4. The van der Waals surface area contributed by atoms with Crippen molar-refractivity contribution in [3.05, 3.63) is 41.7 Å². The first kappa shape index (κ1) is 17.2. The van der Waals surface area contributed by atoms with Gasteiger partial charge in [0.15, 0.2) is 5.69 Å². The second-order valence-electron chi connectivity index (χ2n) is 6.91. The standard InChI is InChI=1S/C18H20N6O3/c1-12-14(21-24(20-12)13-8-4-2-5-9-13)15(25)22-23-16(26)18(19-17(23)27)10-6-3-7-11-18/h2,4-5,8-9H,3,6-7,10-11H2,1H3,(H,19,27)(H,22,25). The zero-order chi connectivity index (χ0) is 19.0. The summed E-state index contributed by atoms with van der Waals surface area (Å²) in [5.74, 6) is -1.06. The molecule has 2 aliphatic rings. The van der Waals surface area contributed by atoms with Crippen LogP contribution in [0.25, 0.3) is 5.69 Å². The molecular weight excluding hydrogens is 348 g/mol. The maximum atomic E-state index is 12.8. The molecule has 1 aromatic carbocycles. The molecule has 1 spiro atoms. The molecule has 0 bridgehead atoms. The molecule has 2 N–H and O–H groups in total. The zero-order valence-electron chi connectivity index (χ0n) is 14.9. The molecule has 1 saturated heterocycles. The fourth-order valence-electron chi connectivity index (χ4n) is 3.64. The summed E-state index contributed by atoms with van der Waals surface area (Å²) < 4.78 is 0. The molecule has 140 valence electrons. The average molecular weight is 368 g/mol. The third-order valence-electron chi connectivity index (χ3n) is 5.07. The molecule has 27 heavy (non-hydrogen) atoms. The van der Waals surface area contributed by atoms with Gasteiger partial charge < -0.3 is 5.32 Å². The van der Waals surface area contributed by atoms with Crippen molar-refractivity contribution in [2.24, 2.45) is 0 Å².